The molecule has 0 spiro atoms. The van der Waals surface area contributed by atoms with E-state index in [4.69, 9.17) is 9.47 Å². The fourth-order valence-electron chi connectivity index (χ4n) is 4.78. The summed E-state index contributed by atoms with van der Waals surface area (Å²) < 4.78 is 15.2. The van der Waals surface area contributed by atoms with E-state index in [1.807, 2.05) is 0 Å². The maximum Gasteiger partial charge on any atom is -1.00 e. The maximum absolute atomic E-state index is 5.40. The van der Waals surface area contributed by atoms with Crippen LogP contribution in [-0.2, 0) is 20.3 Å². The SMILES string of the molecule is COc1ccc2c(c1)C=C[CH]2[Zr+2]1([CH]2C=Cc3cc(OC)ccc32)[CH2][CH2]1.[Cl-].[Cl-]. The van der Waals surface area contributed by atoms with Gasteiger partial charge in [-0.15, -0.1) is 0 Å². The Kier molecular flexibility index (Phi) is 5.97. The molecule has 2 aromatic carbocycles. The van der Waals surface area contributed by atoms with Crippen LogP contribution >= 0.6 is 0 Å². The first kappa shape index (κ1) is 20.7. The number of allylic oxidation sites excluding steroid dienone is 2. The molecule has 1 aliphatic heterocycles. The molecule has 0 saturated carbocycles. The van der Waals surface area contributed by atoms with Gasteiger partial charge in [0.1, 0.15) is 0 Å². The molecule has 0 N–H and O–H groups in total. The average Bonchev–Trinajstić information content (AvgIpc) is 3.16. The van der Waals surface area contributed by atoms with Crippen molar-refractivity contribution >= 4 is 12.2 Å². The zero-order valence-electron chi connectivity index (χ0n) is 15.4. The molecule has 27 heavy (non-hydrogen) atoms. The second kappa shape index (κ2) is 7.78. The van der Waals surface area contributed by atoms with Gasteiger partial charge < -0.3 is 24.8 Å². The molecule has 5 heteroatoms. The van der Waals surface area contributed by atoms with E-state index >= 15 is 0 Å². The second-order valence-corrected chi connectivity index (χ2v) is 19.0. The topological polar surface area (TPSA) is 18.5 Å². The molecule has 0 radical (unpaired) electrons. The first-order valence-electron chi connectivity index (χ1n) is 8.97. The predicted molar refractivity (Wildman–Crippen MR) is 99.2 cm³/mol. The summed E-state index contributed by atoms with van der Waals surface area (Å²) in [6, 6.07) is 13.3. The Labute approximate surface area is 177 Å². The number of ether oxygens (including phenoxy) is 2. The molecule has 2 nitrogen and oxygen atoms in total. The Balaban J connectivity index is 0.00000105. The first-order chi connectivity index (χ1) is 12.2. The number of benzene rings is 2. The van der Waals surface area contributed by atoms with Crippen LogP contribution in [0.2, 0.25) is 8.26 Å². The van der Waals surface area contributed by atoms with Crippen LogP contribution in [0.4, 0.5) is 0 Å². The largest absolute Gasteiger partial charge is 1.00 e. The van der Waals surface area contributed by atoms with Crippen molar-refractivity contribution in [1.82, 2.24) is 0 Å². The summed E-state index contributed by atoms with van der Waals surface area (Å²) in [6.45, 7) is 0. The van der Waals surface area contributed by atoms with Crippen LogP contribution in [0.1, 0.15) is 29.5 Å². The Hall–Kier alpha value is -1.02. The third kappa shape index (κ3) is 3.22. The van der Waals surface area contributed by atoms with Gasteiger partial charge in [-0.1, -0.05) is 0 Å². The molecule has 1 heterocycles. The molecule has 2 aliphatic carbocycles. The van der Waals surface area contributed by atoms with Crippen molar-refractivity contribution < 1.29 is 54.6 Å². The van der Waals surface area contributed by atoms with E-state index in [9.17, 15) is 0 Å². The number of hydrogen-bond acceptors (Lipinski definition) is 2. The zero-order valence-corrected chi connectivity index (χ0v) is 19.4. The normalized spacial score (nSPS) is 21.1. The van der Waals surface area contributed by atoms with Crippen LogP contribution in [0.25, 0.3) is 12.2 Å². The van der Waals surface area contributed by atoms with E-state index in [-0.39, 0.29) is 24.8 Å². The summed E-state index contributed by atoms with van der Waals surface area (Å²) >= 11 is -2.28. The monoisotopic (exact) mass is 478 g/mol. The molecular weight excluding hydrogens is 458 g/mol. The third-order valence-electron chi connectivity index (χ3n) is 6.26. The maximum atomic E-state index is 5.40. The Bertz CT molecular complexity index is 847. The van der Waals surface area contributed by atoms with Crippen LogP contribution < -0.4 is 34.3 Å². The summed E-state index contributed by atoms with van der Waals surface area (Å²) in [7, 11) is 3.49. The van der Waals surface area contributed by atoms with Gasteiger partial charge in [-0.2, -0.15) is 0 Å². The van der Waals surface area contributed by atoms with E-state index < -0.39 is 20.3 Å². The van der Waals surface area contributed by atoms with Crippen molar-refractivity contribution in [3.8, 4) is 11.5 Å². The third-order valence-corrected chi connectivity index (χ3v) is 18.9. The molecule has 2 aromatic rings. The van der Waals surface area contributed by atoms with Crippen molar-refractivity contribution in [2.45, 2.75) is 15.5 Å². The van der Waals surface area contributed by atoms with Crippen LogP contribution in [0.3, 0.4) is 0 Å². The zero-order chi connectivity index (χ0) is 17.0. The van der Waals surface area contributed by atoms with Crippen molar-refractivity contribution in [3.63, 3.8) is 0 Å². The minimum atomic E-state index is -2.28. The van der Waals surface area contributed by atoms with Crippen molar-refractivity contribution in [2.75, 3.05) is 14.2 Å². The van der Waals surface area contributed by atoms with E-state index in [1.54, 1.807) is 25.3 Å². The summed E-state index contributed by atoms with van der Waals surface area (Å²) in [5, 5.41) is 0. The second-order valence-electron chi connectivity index (χ2n) is 7.40. The number of fused-ring (bicyclic) bond motifs is 2. The minimum Gasteiger partial charge on any atom is -1.00 e. The van der Waals surface area contributed by atoms with Gasteiger partial charge in [-0.05, 0) is 0 Å². The summed E-state index contributed by atoms with van der Waals surface area (Å²) in [5.74, 6) is 1.92. The van der Waals surface area contributed by atoms with Gasteiger partial charge in [0.25, 0.3) is 0 Å². The van der Waals surface area contributed by atoms with Gasteiger partial charge in [-0.3, -0.25) is 0 Å². The standard InChI is InChI=1S/2C10H9O.C2H4.2ClH.Zr/c2*1-11-10-6-5-8-3-2-4-9(8)7-10;1-2;;;/h2*2-7H,1H3;1-2H2;2*1H;/q;;;;;+2/p-2. The molecule has 140 valence electrons. The number of methoxy groups -OCH3 is 2. The Morgan fingerprint density at radius 2 is 1.19 bits per heavy atom. The fourth-order valence-corrected chi connectivity index (χ4v) is 20.4. The van der Waals surface area contributed by atoms with Crippen LogP contribution in [0.15, 0.2) is 48.6 Å². The quantitative estimate of drug-likeness (QED) is 0.591. The van der Waals surface area contributed by atoms with Crippen LogP contribution in [0, 0.1) is 0 Å². The van der Waals surface area contributed by atoms with E-state index in [2.05, 4.69) is 60.7 Å². The predicted octanol–water partition coefficient (Wildman–Crippen LogP) is -0.448. The summed E-state index contributed by atoms with van der Waals surface area (Å²) in [6.07, 6.45) is 9.66. The van der Waals surface area contributed by atoms with E-state index in [0.717, 1.165) is 11.5 Å². The average molecular weight is 481 g/mol. The van der Waals surface area contributed by atoms with Gasteiger partial charge >= 0.3 is 154 Å². The molecule has 2 atom stereocenters. The molecule has 0 bridgehead atoms. The molecule has 0 amide bonds. The van der Waals surface area contributed by atoms with Crippen LogP contribution in [-0.4, -0.2) is 14.2 Å². The van der Waals surface area contributed by atoms with Gasteiger partial charge in [0.05, 0.1) is 0 Å². The van der Waals surface area contributed by atoms with Gasteiger partial charge in [0.2, 0.25) is 0 Å². The van der Waals surface area contributed by atoms with E-state index in [0.29, 0.717) is 7.25 Å². The molecule has 1 saturated heterocycles. The van der Waals surface area contributed by atoms with Crippen LogP contribution in [0.5, 0.6) is 11.5 Å². The molecule has 3 aliphatic rings. The first-order valence-corrected chi connectivity index (χ1v) is 15.3. The number of hydrogen-bond donors (Lipinski definition) is 0. The summed E-state index contributed by atoms with van der Waals surface area (Å²) in [5.41, 5.74) is 5.82. The molecule has 5 rings (SSSR count). The molecule has 1 fully saturated rings. The Morgan fingerprint density at radius 3 is 1.56 bits per heavy atom. The number of rotatable bonds is 4. The molecule has 2 unspecified atom stereocenters. The van der Waals surface area contributed by atoms with Gasteiger partial charge in [0.15, 0.2) is 0 Å². The van der Waals surface area contributed by atoms with Gasteiger partial charge in [-0.25, -0.2) is 0 Å². The molecular formula is C22H22Cl2O2Zr. The summed E-state index contributed by atoms with van der Waals surface area (Å²) in [4.78, 5) is 0. The van der Waals surface area contributed by atoms with Gasteiger partial charge in [0, 0.05) is 0 Å². The van der Waals surface area contributed by atoms with E-state index in [1.165, 1.54) is 19.4 Å². The Morgan fingerprint density at radius 1 is 0.741 bits per heavy atom. The fraction of sp³-hybridized carbons (Fsp3) is 0.273. The molecule has 0 aromatic heterocycles. The van der Waals surface area contributed by atoms with Crippen molar-refractivity contribution in [1.29, 1.82) is 0 Å². The van der Waals surface area contributed by atoms with Crippen molar-refractivity contribution in [2.24, 2.45) is 0 Å². The smallest absolute Gasteiger partial charge is 1.00 e. The van der Waals surface area contributed by atoms with Crippen molar-refractivity contribution in [3.05, 3.63) is 70.8 Å². The minimum absolute atomic E-state index is 0. The number of halogens is 2.